The molecule has 0 fully saturated rings. The van der Waals surface area contributed by atoms with Gasteiger partial charge in [-0.2, -0.15) is 0 Å². The van der Waals surface area contributed by atoms with Crippen molar-refractivity contribution in [2.75, 3.05) is 0 Å². The molecule has 0 amide bonds. The molecule has 2 N–H and O–H groups in total. The minimum absolute atomic E-state index is 0.307. The molecule has 4 nitrogen and oxygen atoms in total. The second-order valence-electron chi connectivity index (χ2n) is 3.13. The Balaban J connectivity index is 3.23. The van der Waals surface area contributed by atoms with Crippen LogP contribution in [0.4, 0.5) is 4.39 Å². The van der Waals surface area contributed by atoms with E-state index in [1.807, 2.05) is 0 Å². The predicted octanol–water partition coefficient (Wildman–Crippen LogP) is 1.46. The Morgan fingerprint density at radius 3 is 2.40 bits per heavy atom. The summed E-state index contributed by atoms with van der Waals surface area (Å²) >= 11 is 0. The Bertz CT molecular complexity index is 426. The molecule has 0 saturated carbocycles. The topological polar surface area (TPSA) is 74.6 Å². The van der Waals surface area contributed by atoms with Crippen LogP contribution in [0.3, 0.4) is 0 Å². The summed E-state index contributed by atoms with van der Waals surface area (Å²) in [4.78, 5) is 21.0. The van der Waals surface area contributed by atoms with E-state index in [1.165, 1.54) is 6.92 Å². The molecule has 0 unspecified atom stereocenters. The molecule has 0 aromatic heterocycles. The summed E-state index contributed by atoms with van der Waals surface area (Å²) in [6.07, 6.45) is -0.313. The fraction of sp³-hybridized carbons (Fsp3) is 0.200. The number of benzene rings is 1. The lowest BCUT2D eigenvalue weighted by molar-refractivity contribution is -0.136. The summed E-state index contributed by atoms with van der Waals surface area (Å²) in [5.74, 6) is -3.34. The Kier molecular flexibility index (Phi) is 3.04. The van der Waals surface area contributed by atoms with Gasteiger partial charge in [-0.3, -0.25) is 4.79 Å². The summed E-state index contributed by atoms with van der Waals surface area (Å²) in [5.41, 5.74) is 0.234. The number of halogens is 1. The standard InChI is InChI=1S/C10H9FO4/c1-5-2-8(11)7(10(14)15)3-6(5)4-9(12)13/h2-3H,4H2,1H3,(H,12,13)(H,14,15). The number of aryl methyl sites for hydroxylation is 1. The maximum atomic E-state index is 13.1. The van der Waals surface area contributed by atoms with Gasteiger partial charge in [0.15, 0.2) is 0 Å². The van der Waals surface area contributed by atoms with Gasteiger partial charge in [-0.25, -0.2) is 9.18 Å². The average Bonchev–Trinajstić information content (AvgIpc) is 2.08. The fourth-order valence-electron chi connectivity index (χ4n) is 1.23. The van der Waals surface area contributed by atoms with Crippen molar-refractivity contribution in [2.24, 2.45) is 0 Å². The minimum atomic E-state index is -1.40. The van der Waals surface area contributed by atoms with E-state index in [4.69, 9.17) is 10.2 Å². The monoisotopic (exact) mass is 212 g/mol. The van der Waals surface area contributed by atoms with E-state index in [-0.39, 0.29) is 6.42 Å². The summed E-state index contributed by atoms with van der Waals surface area (Å²) < 4.78 is 13.1. The molecule has 0 spiro atoms. The van der Waals surface area contributed by atoms with Crippen LogP contribution in [0.1, 0.15) is 21.5 Å². The van der Waals surface area contributed by atoms with Crippen LogP contribution in [0.5, 0.6) is 0 Å². The minimum Gasteiger partial charge on any atom is -0.481 e. The largest absolute Gasteiger partial charge is 0.481 e. The molecular formula is C10H9FO4. The fourth-order valence-corrected chi connectivity index (χ4v) is 1.23. The van der Waals surface area contributed by atoms with Gasteiger partial charge in [0, 0.05) is 0 Å². The Labute approximate surface area is 85.0 Å². The molecule has 0 aliphatic carbocycles. The van der Waals surface area contributed by atoms with Crippen molar-refractivity contribution in [2.45, 2.75) is 13.3 Å². The van der Waals surface area contributed by atoms with Crippen LogP contribution < -0.4 is 0 Å². The summed E-state index contributed by atoms with van der Waals surface area (Å²) in [7, 11) is 0. The van der Waals surface area contributed by atoms with Gasteiger partial charge in [-0.05, 0) is 30.2 Å². The zero-order valence-corrected chi connectivity index (χ0v) is 7.95. The first-order valence-corrected chi connectivity index (χ1v) is 4.16. The van der Waals surface area contributed by atoms with Crippen molar-refractivity contribution in [1.29, 1.82) is 0 Å². The number of carbonyl (C=O) groups is 2. The molecule has 0 aliphatic rings. The highest BCUT2D eigenvalue weighted by Gasteiger charge is 2.14. The lowest BCUT2D eigenvalue weighted by Crippen LogP contribution is -2.07. The SMILES string of the molecule is Cc1cc(F)c(C(=O)O)cc1CC(=O)O. The van der Waals surface area contributed by atoms with Crippen molar-refractivity contribution in [3.8, 4) is 0 Å². The van der Waals surface area contributed by atoms with Gasteiger partial charge >= 0.3 is 11.9 Å². The number of carboxylic acids is 2. The van der Waals surface area contributed by atoms with Crippen molar-refractivity contribution in [1.82, 2.24) is 0 Å². The molecule has 5 heteroatoms. The zero-order valence-electron chi connectivity index (χ0n) is 7.95. The molecule has 1 aromatic rings. The van der Waals surface area contributed by atoms with Gasteiger partial charge in [0.05, 0.1) is 12.0 Å². The van der Waals surface area contributed by atoms with Crippen LogP contribution in [0, 0.1) is 12.7 Å². The van der Waals surface area contributed by atoms with E-state index < -0.39 is 23.3 Å². The summed E-state index contributed by atoms with van der Waals surface area (Å²) in [5, 5.41) is 17.2. The van der Waals surface area contributed by atoms with Crippen LogP contribution in [-0.4, -0.2) is 22.2 Å². The van der Waals surface area contributed by atoms with E-state index in [2.05, 4.69) is 0 Å². The van der Waals surface area contributed by atoms with Gasteiger partial charge in [-0.15, -0.1) is 0 Å². The maximum Gasteiger partial charge on any atom is 0.338 e. The first-order valence-electron chi connectivity index (χ1n) is 4.16. The molecule has 0 radical (unpaired) electrons. The Hall–Kier alpha value is -1.91. The number of aromatic carboxylic acids is 1. The number of carboxylic acid groups (broad SMARTS) is 2. The molecule has 0 aliphatic heterocycles. The third kappa shape index (κ3) is 2.52. The van der Waals surface area contributed by atoms with Crippen LogP contribution in [-0.2, 0) is 11.2 Å². The molecule has 0 atom stereocenters. The lowest BCUT2D eigenvalue weighted by Gasteiger charge is -2.05. The van der Waals surface area contributed by atoms with Crippen LogP contribution >= 0.6 is 0 Å². The Morgan fingerprint density at radius 1 is 1.33 bits per heavy atom. The maximum absolute atomic E-state index is 13.1. The zero-order chi connectivity index (χ0) is 11.6. The van der Waals surface area contributed by atoms with Crippen molar-refractivity contribution in [3.63, 3.8) is 0 Å². The highest BCUT2D eigenvalue weighted by atomic mass is 19.1. The number of hydrogen-bond donors (Lipinski definition) is 2. The average molecular weight is 212 g/mol. The third-order valence-electron chi connectivity index (χ3n) is 2.00. The second-order valence-corrected chi connectivity index (χ2v) is 3.13. The molecule has 15 heavy (non-hydrogen) atoms. The normalized spacial score (nSPS) is 10.0. The molecule has 1 aromatic carbocycles. The smallest absolute Gasteiger partial charge is 0.338 e. The highest BCUT2D eigenvalue weighted by molar-refractivity contribution is 5.88. The molecule has 1 rings (SSSR count). The third-order valence-corrected chi connectivity index (χ3v) is 2.00. The van der Waals surface area contributed by atoms with E-state index in [1.54, 1.807) is 0 Å². The van der Waals surface area contributed by atoms with Gasteiger partial charge in [0.1, 0.15) is 5.82 Å². The quantitative estimate of drug-likeness (QED) is 0.795. The predicted molar refractivity (Wildman–Crippen MR) is 49.4 cm³/mol. The number of rotatable bonds is 3. The molecule has 0 heterocycles. The number of hydrogen-bond acceptors (Lipinski definition) is 2. The summed E-state index contributed by atoms with van der Waals surface area (Å²) in [6, 6.07) is 2.09. The summed E-state index contributed by atoms with van der Waals surface area (Å²) in [6.45, 7) is 1.53. The first kappa shape index (κ1) is 11.2. The lowest BCUT2D eigenvalue weighted by atomic mass is 10.0. The van der Waals surface area contributed by atoms with Crippen LogP contribution in [0.25, 0.3) is 0 Å². The van der Waals surface area contributed by atoms with Crippen molar-refractivity contribution >= 4 is 11.9 Å². The van der Waals surface area contributed by atoms with Crippen LogP contribution in [0.2, 0.25) is 0 Å². The molecule has 80 valence electrons. The van der Waals surface area contributed by atoms with Gasteiger partial charge in [0.2, 0.25) is 0 Å². The number of aliphatic carboxylic acids is 1. The van der Waals surface area contributed by atoms with Gasteiger partial charge in [-0.1, -0.05) is 0 Å². The Morgan fingerprint density at radius 2 is 1.93 bits per heavy atom. The second kappa shape index (κ2) is 4.08. The first-order chi connectivity index (χ1) is 6.91. The van der Waals surface area contributed by atoms with E-state index in [9.17, 15) is 14.0 Å². The highest BCUT2D eigenvalue weighted by Crippen LogP contribution is 2.16. The molecule has 0 bridgehead atoms. The van der Waals surface area contributed by atoms with Crippen LogP contribution in [0.15, 0.2) is 12.1 Å². The van der Waals surface area contributed by atoms with E-state index in [0.29, 0.717) is 11.1 Å². The molecular weight excluding hydrogens is 203 g/mol. The van der Waals surface area contributed by atoms with Crippen molar-refractivity contribution in [3.05, 3.63) is 34.6 Å². The van der Waals surface area contributed by atoms with Crippen molar-refractivity contribution < 1.29 is 24.2 Å². The van der Waals surface area contributed by atoms with Gasteiger partial charge < -0.3 is 10.2 Å². The van der Waals surface area contributed by atoms with E-state index in [0.717, 1.165) is 12.1 Å². The van der Waals surface area contributed by atoms with E-state index >= 15 is 0 Å². The molecule has 0 saturated heterocycles. The van der Waals surface area contributed by atoms with Gasteiger partial charge in [0.25, 0.3) is 0 Å².